The molecule has 0 amide bonds. The third-order valence-corrected chi connectivity index (χ3v) is 6.04. The third-order valence-electron chi connectivity index (χ3n) is 5.66. The summed E-state index contributed by atoms with van der Waals surface area (Å²) in [6.07, 6.45) is 2.08. The van der Waals surface area contributed by atoms with Gasteiger partial charge in [0.05, 0.1) is 16.2 Å². The average Bonchev–Trinajstić information content (AvgIpc) is 3.06. The number of aromatic nitrogens is 1. The van der Waals surface area contributed by atoms with E-state index in [9.17, 15) is 4.39 Å². The van der Waals surface area contributed by atoms with Crippen molar-refractivity contribution in [3.05, 3.63) is 88.8 Å². The van der Waals surface area contributed by atoms with Crippen molar-refractivity contribution in [2.24, 2.45) is 0 Å². The fourth-order valence-corrected chi connectivity index (χ4v) is 4.31. The smallest absolute Gasteiger partial charge is 0.142 e. The minimum atomic E-state index is -0.393. The number of halogens is 3. The highest BCUT2D eigenvalue weighted by Crippen LogP contribution is 2.39. The van der Waals surface area contributed by atoms with Gasteiger partial charge in [0.2, 0.25) is 0 Å². The van der Waals surface area contributed by atoms with E-state index >= 15 is 0 Å². The van der Waals surface area contributed by atoms with Crippen LogP contribution in [-0.2, 0) is 0 Å². The van der Waals surface area contributed by atoms with Crippen LogP contribution in [0.5, 0.6) is 0 Å². The molecule has 0 bridgehead atoms. The second kappa shape index (κ2) is 7.83. The second-order valence-electron chi connectivity index (χ2n) is 7.44. The number of fused-ring (bicyclic) bond motifs is 1. The van der Waals surface area contributed by atoms with Gasteiger partial charge in [-0.2, -0.15) is 0 Å². The Balaban J connectivity index is 0.00000205. The molecule has 2 heterocycles. The first-order chi connectivity index (χ1) is 13.6. The van der Waals surface area contributed by atoms with Crippen LogP contribution in [0.1, 0.15) is 17.0 Å². The molecule has 1 saturated heterocycles. The molecule has 5 rings (SSSR count). The van der Waals surface area contributed by atoms with Gasteiger partial charge < -0.3 is 9.88 Å². The summed E-state index contributed by atoms with van der Waals surface area (Å²) in [5.41, 5.74) is 6.29. The van der Waals surface area contributed by atoms with Crippen molar-refractivity contribution >= 4 is 34.9 Å². The molecule has 1 aromatic heterocycles. The van der Waals surface area contributed by atoms with Gasteiger partial charge in [0.15, 0.2) is 0 Å². The third kappa shape index (κ3) is 3.33. The number of rotatable bonds is 3. The van der Waals surface area contributed by atoms with Gasteiger partial charge in [0.25, 0.3) is 0 Å². The Bertz CT molecular complexity index is 1190. The van der Waals surface area contributed by atoms with Gasteiger partial charge in [-0.3, -0.25) is 0 Å². The average molecular weight is 427 g/mol. The molecule has 0 atom stereocenters. The summed E-state index contributed by atoms with van der Waals surface area (Å²) in [5.74, 6) is 0.0936. The minimum Gasteiger partial charge on any atom is -0.316 e. The van der Waals surface area contributed by atoms with E-state index in [4.69, 9.17) is 11.6 Å². The lowest BCUT2D eigenvalue weighted by atomic mass is 9.88. The lowest BCUT2D eigenvalue weighted by Crippen LogP contribution is -2.39. The maximum atomic E-state index is 14.3. The van der Waals surface area contributed by atoms with Crippen LogP contribution < -0.4 is 5.32 Å². The van der Waals surface area contributed by atoms with Gasteiger partial charge in [-0.15, -0.1) is 12.4 Å². The lowest BCUT2D eigenvalue weighted by molar-refractivity contribution is 0.448. The van der Waals surface area contributed by atoms with Gasteiger partial charge in [-0.1, -0.05) is 48.0 Å². The zero-order valence-electron chi connectivity index (χ0n) is 16.0. The number of nitrogens with zero attached hydrogens (tertiary/aromatic N) is 1. The first-order valence-corrected chi connectivity index (χ1v) is 9.87. The topological polar surface area (TPSA) is 17.0 Å². The van der Waals surface area contributed by atoms with Crippen LogP contribution in [0.25, 0.3) is 27.7 Å². The summed E-state index contributed by atoms with van der Waals surface area (Å²) >= 11 is 6.41. The molecule has 2 nitrogen and oxygen atoms in total. The molecule has 0 unspecified atom stereocenters. The minimum absolute atomic E-state index is 0. The molecule has 5 heteroatoms. The van der Waals surface area contributed by atoms with Crippen LogP contribution in [0.15, 0.2) is 66.9 Å². The van der Waals surface area contributed by atoms with E-state index in [1.165, 1.54) is 17.0 Å². The summed E-state index contributed by atoms with van der Waals surface area (Å²) in [6, 6.07) is 19.9. The van der Waals surface area contributed by atoms with Crippen molar-refractivity contribution in [3.63, 3.8) is 0 Å². The summed E-state index contributed by atoms with van der Waals surface area (Å²) < 4.78 is 16.5. The number of nitrogens with one attached hydrogen (secondary N) is 1. The first-order valence-electron chi connectivity index (χ1n) is 9.49. The molecule has 0 radical (unpaired) electrons. The molecule has 1 aliphatic heterocycles. The molecular formula is C24H21Cl2FN2. The zero-order chi connectivity index (χ0) is 19.3. The SMILES string of the molecule is Cc1cc(C2CNC2)cc(-c2cccc(F)c2Cl)c1-n1ccc2ccccc21.Cl. The van der Waals surface area contributed by atoms with E-state index in [-0.39, 0.29) is 17.4 Å². The molecule has 1 fully saturated rings. The Morgan fingerprint density at radius 1 is 1.00 bits per heavy atom. The molecular weight excluding hydrogens is 406 g/mol. The molecule has 0 spiro atoms. The van der Waals surface area contributed by atoms with Crippen LogP contribution in [-0.4, -0.2) is 17.7 Å². The van der Waals surface area contributed by atoms with E-state index in [0.29, 0.717) is 5.92 Å². The normalized spacial score (nSPS) is 13.9. The van der Waals surface area contributed by atoms with Gasteiger partial charge >= 0.3 is 0 Å². The Morgan fingerprint density at radius 2 is 1.79 bits per heavy atom. The maximum absolute atomic E-state index is 14.3. The Labute approximate surface area is 180 Å². The van der Waals surface area contributed by atoms with E-state index in [1.807, 2.05) is 18.2 Å². The molecule has 1 N–H and O–H groups in total. The molecule has 1 aliphatic rings. The summed E-state index contributed by atoms with van der Waals surface area (Å²) in [4.78, 5) is 0. The highest BCUT2D eigenvalue weighted by Gasteiger charge is 2.23. The van der Waals surface area contributed by atoms with Crippen molar-refractivity contribution in [3.8, 4) is 16.8 Å². The van der Waals surface area contributed by atoms with Gasteiger partial charge in [0, 0.05) is 36.3 Å². The van der Waals surface area contributed by atoms with Crippen LogP contribution in [0.4, 0.5) is 4.39 Å². The Hall–Kier alpha value is -2.33. The summed E-state index contributed by atoms with van der Waals surface area (Å²) in [6.45, 7) is 4.07. The Kier molecular flexibility index (Phi) is 5.39. The van der Waals surface area contributed by atoms with Crippen molar-refractivity contribution in [1.29, 1.82) is 0 Å². The van der Waals surface area contributed by atoms with Gasteiger partial charge in [0.1, 0.15) is 5.82 Å². The number of hydrogen-bond donors (Lipinski definition) is 1. The maximum Gasteiger partial charge on any atom is 0.142 e. The monoisotopic (exact) mass is 426 g/mol. The molecule has 0 aliphatic carbocycles. The number of benzene rings is 3. The molecule has 3 aromatic carbocycles. The van der Waals surface area contributed by atoms with Crippen LogP contribution in [0, 0.1) is 12.7 Å². The second-order valence-corrected chi connectivity index (χ2v) is 7.81. The van der Waals surface area contributed by atoms with Crippen molar-refractivity contribution < 1.29 is 4.39 Å². The Morgan fingerprint density at radius 3 is 2.55 bits per heavy atom. The van der Waals surface area contributed by atoms with E-state index in [1.54, 1.807) is 6.07 Å². The molecule has 148 valence electrons. The van der Waals surface area contributed by atoms with Crippen molar-refractivity contribution in [2.45, 2.75) is 12.8 Å². The van der Waals surface area contributed by atoms with Crippen LogP contribution in [0.3, 0.4) is 0 Å². The molecule has 29 heavy (non-hydrogen) atoms. The summed E-state index contributed by atoms with van der Waals surface area (Å²) in [7, 11) is 0. The number of aryl methyl sites for hydroxylation is 1. The standard InChI is InChI=1S/C24H20ClFN2.ClH/c1-15-11-17(18-13-27-14-18)12-20(19-6-4-7-21(26)23(19)25)24(15)28-10-9-16-5-2-3-8-22(16)28;/h2-12,18,27H,13-14H2,1H3;1H. The zero-order valence-corrected chi connectivity index (χ0v) is 17.5. The fourth-order valence-electron chi connectivity index (χ4n) is 4.08. The van der Waals surface area contributed by atoms with Gasteiger partial charge in [-0.25, -0.2) is 4.39 Å². The highest BCUT2D eigenvalue weighted by molar-refractivity contribution is 6.33. The predicted molar refractivity (Wildman–Crippen MR) is 121 cm³/mol. The van der Waals surface area contributed by atoms with Crippen LogP contribution >= 0.6 is 24.0 Å². The molecule has 4 aromatic rings. The van der Waals surface area contributed by atoms with Crippen LogP contribution in [0.2, 0.25) is 5.02 Å². The van der Waals surface area contributed by atoms with E-state index in [2.05, 4.69) is 53.3 Å². The predicted octanol–water partition coefficient (Wildman–Crippen LogP) is 6.51. The summed E-state index contributed by atoms with van der Waals surface area (Å²) in [5, 5.41) is 4.68. The highest BCUT2D eigenvalue weighted by atomic mass is 35.5. The number of hydrogen-bond acceptors (Lipinski definition) is 1. The largest absolute Gasteiger partial charge is 0.316 e. The fraction of sp³-hybridized carbons (Fsp3) is 0.167. The van der Waals surface area contributed by atoms with Crippen molar-refractivity contribution in [1.82, 2.24) is 9.88 Å². The number of para-hydroxylation sites is 1. The van der Waals surface area contributed by atoms with E-state index < -0.39 is 5.82 Å². The quantitative estimate of drug-likeness (QED) is 0.395. The lowest BCUT2D eigenvalue weighted by Gasteiger charge is -2.29. The molecule has 0 saturated carbocycles. The van der Waals surface area contributed by atoms with E-state index in [0.717, 1.165) is 41.0 Å². The first kappa shape index (κ1) is 20.0. The van der Waals surface area contributed by atoms with Crippen molar-refractivity contribution in [2.75, 3.05) is 13.1 Å². The van der Waals surface area contributed by atoms with Gasteiger partial charge in [-0.05, 0) is 47.7 Å².